The molecule has 0 unspecified atom stereocenters. The van der Waals surface area contributed by atoms with Crippen molar-refractivity contribution in [2.24, 2.45) is 0 Å². The third-order valence-corrected chi connectivity index (χ3v) is 16.5. The van der Waals surface area contributed by atoms with Crippen LogP contribution in [0.2, 0.25) is 0 Å². The van der Waals surface area contributed by atoms with E-state index in [0.29, 0.717) is 6.42 Å². The number of unbranched alkanes of at least 4 members (excludes halogenated alkanes) is 14. The molecule has 68 heavy (non-hydrogen) atoms. The second-order valence-corrected chi connectivity index (χ2v) is 21.3. The van der Waals surface area contributed by atoms with Crippen molar-refractivity contribution in [3.8, 4) is 58.6 Å². The van der Waals surface area contributed by atoms with Gasteiger partial charge in [-0.1, -0.05) is 177 Å². The molecule has 7 rings (SSSR count). The number of ether oxygens (including phenoxy) is 2. The van der Waals surface area contributed by atoms with Gasteiger partial charge in [0.1, 0.15) is 11.9 Å². The lowest BCUT2D eigenvalue weighted by atomic mass is 9.70. The molecule has 0 radical (unpaired) electrons. The molecule has 2 heterocycles. The van der Waals surface area contributed by atoms with Crippen molar-refractivity contribution in [1.29, 1.82) is 0 Å². The predicted molar refractivity (Wildman–Crippen MR) is 294 cm³/mol. The van der Waals surface area contributed by atoms with Gasteiger partial charge >= 0.3 is 5.97 Å². The standard InChI is InChI=1S/C63H76O3S2/c1-6-10-12-22-42-63(43-23-13-11-7-2)56-45-50(48-28-26-47(5)27-29-48)32-36-54(56)55-37-33-51(46-57(55)63)59-39-41-61(68-59)60-40-38-58(67-60)49-30-34-53(35-31-49)65-44-24-20-18-16-14-15-17-19-21-25-62(64)66-52(8-3)9-4/h8-9,26-41,45-46,52H,3-4,6-7,10-25,42-44H2,1-2,5H3. The van der Waals surface area contributed by atoms with Crippen LogP contribution in [0.15, 0.2) is 135 Å². The molecule has 0 aliphatic heterocycles. The number of hydrogen-bond acceptors (Lipinski definition) is 5. The summed E-state index contributed by atoms with van der Waals surface area (Å²) < 4.78 is 11.4. The highest BCUT2D eigenvalue weighted by Crippen LogP contribution is 2.56. The first kappa shape index (κ1) is 50.9. The van der Waals surface area contributed by atoms with Crippen LogP contribution in [0.4, 0.5) is 0 Å². The molecule has 1 aliphatic rings. The fourth-order valence-corrected chi connectivity index (χ4v) is 12.2. The van der Waals surface area contributed by atoms with Gasteiger partial charge in [-0.2, -0.15) is 0 Å². The lowest BCUT2D eigenvalue weighted by Gasteiger charge is -2.33. The van der Waals surface area contributed by atoms with E-state index in [1.54, 1.807) is 23.3 Å². The number of aryl methyl sites for hydroxylation is 1. The van der Waals surface area contributed by atoms with Gasteiger partial charge in [-0.25, -0.2) is 0 Å². The molecule has 0 atom stereocenters. The molecule has 358 valence electrons. The maximum atomic E-state index is 11.9. The Bertz CT molecular complexity index is 2480. The largest absolute Gasteiger partial charge is 0.494 e. The van der Waals surface area contributed by atoms with Crippen molar-refractivity contribution >= 4 is 28.6 Å². The molecule has 0 amide bonds. The van der Waals surface area contributed by atoms with Gasteiger partial charge in [-0.05, 0) is 150 Å². The summed E-state index contributed by atoms with van der Waals surface area (Å²) in [6.45, 7) is 14.9. The Morgan fingerprint density at radius 2 is 1.00 bits per heavy atom. The number of rotatable bonds is 30. The second-order valence-electron chi connectivity index (χ2n) is 19.1. The molecule has 3 nitrogen and oxygen atoms in total. The van der Waals surface area contributed by atoms with Crippen LogP contribution in [0.1, 0.15) is 159 Å². The number of thiophene rings is 2. The molecule has 0 saturated carbocycles. The van der Waals surface area contributed by atoms with E-state index >= 15 is 0 Å². The zero-order chi connectivity index (χ0) is 47.6. The van der Waals surface area contributed by atoms with Crippen LogP contribution < -0.4 is 4.74 Å². The minimum atomic E-state index is -0.382. The number of carbonyl (C=O) groups is 1. The first-order valence-electron chi connectivity index (χ1n) is 26.1. The number of esters is 1. The molecule has 6 aromatic rings. The molecule has 5 heteroatoms. The molecule has 0 spiro atoms. The van der Waals surface area contributed by atoms with Gasteiger partial charge in [0.25, 0.3) is 0 Å². The minimum Gasteiger partial charge on any atom is -0.494 e. The molecular formula is C63H76O3S2. The van der Waals surface area contributed by atoms with Crippen LogP contribution in [0.3, 0.4) is 0 Å². The molecule has 0 N–H and O–H groups in total. The highest BCUT2D eigenvalue weighted by atomic mass is 32.1. The number of carbonyl (C=O) groups excluding carboxylic acids is 1. The van der Waals surface area contributed by atoms with Crippen LogP contribution in [0, 0.1) is 6.92 Å². The Labute approximate surface area is 417 Å². The molecule has 0 fully saturated rings. The Balaban J connectivity index is 0.943. The average molecular weight is 945 g/mol. The van der Waals surface area contributed by atoms with E-state index < -0.39 is 0 Å². The van der Waals surface area contributed by atoms with E-state index in [-0.39, 0.29) is 17.5 Å². The summed E-state index contributed by atoms with van der Waals surface area (Å²) in [5, 5.41) is 0. The van der Waals surface area contributed by atoms with E-state index in [1.165, 1.54) is 161 Å². The predicted octanol–water partition coefficient (Wildman–Crippen LogP) is 19.6. The number of fused-ring (bicyclic) bond motifs is 3. The molecule has 0 saturated heterocycles. The van der Waals surface area contributed by atoms with Gasteiger partial charge in [0.2, 0.25) is 0 Å². The van der Waals surface area contributed by atoms with Crippen LogP contribution >= 0.6 is 22.7 Å². The molecule has 2 aromatic heterocycles. The zero-order valence-electron chi connectivity index (χ0n) is 41.4. The fraction of sp³-hybridized carbons (Fsp3) is 0.413. The van der Waals surface area contributed by atoms with Gasteiger partial charge in [-0.15, -0.1) is 22.7 Å². The summed E-state index contributed by atoms with van der Waals surface area (Å²) in [5.74, 6) is 0.777. The summed E-state index contributed by atoms with van der Waals surface area (Å²) >= 11 is 3.80. The third kappa shape index (κ3) is 13.4. The van der Waals surface area contributed by atoms with Crippen LogP contribution in [-0.4, -0.2) is 18.7 Å². The highest BCUT2D eigenvalue weighted by Gasteiger charge is 2.42. The average Bonchev–Trinajstić information content (AvgIpc) is 4.12. The number of hydrogen-bond donors (Lipinski definition) is 0. The van der Waals surface area contributed by atoms with E-state index in [2.05, 4.69) is 143 Å². The first-order chi connectivity index (χ1) is 33.3. The second kappa shape index (κ2) is 26.1. The van der Waals surface area contributed by atoms with Gasteiger partial charge in [0.05, 0.1) is 6.61 Å². The van der Waals surface area contributed by atoms with Crippen molar-refractivity contribution in [3.63, 3.8) is 0 Å². The SMILES string of the molecule is C=CC(C=C)OC(=O)CCCCCCCCCCCOc1ccc(-c2ccc(-c3ccc(-c4ccc5c(c4)C(CCCCCC)(CCCCCC)c4cc(-c6ccc(C)cc6)ccc4-5)s3)s2)cc1. The summed E-state index contributed by atoms with van der Waals surface area (Å²) in [5.41, 5.74) is 12.6. The Morgan fingerprint density at radius 3 is 1.57 bits per heavy atom. The Kier molecular flexibility index (Phi) is 19.6. The highest BCUT2D eigenvalue weighted by molar-refractivity contribution is 7.25. The summed E-state index contributed by atoms with van der Waals surface area (Å²) in [6, 6.07) is 41.8. The summed E-state index contributed by atoms with van der Waals surface area (Å²) in [7, 11) is 0. The van der Waals surface area contributed by atoms with Gasteiger partial charge in [-0.3, -0.25) is 4.79 Å². The van der Waals surface area contributed by atoms with Crippen molar-refractivity contribution < 1.29 is 14.3 Å². The maximum absolute atomic E-state index is 11.9. The maximum Gasteiger partial charge on any atom is 0.306 e. The van der Waals surface area contributed by atoms with E-state index in [0.717, 1.165) is 31.6 Å². The Morgan fingerprint density at radius 1 is 0.529 bits per heavy atom. The van der Waals surface area contributed by atoms with E-state index in [9.17, 15) is 4.79 Å². The minimum absolute atomic E-state index is 0.0257. The van der Waals surface area contributed by atoms with Crippen LogP contribution in [0.25, 0.3) is 52.9 Å². The third-order valence-electron chi connectivity index (χ3n) is 14.1. The lowest BCUT2D eigenvalue weighted by molar-refractivity contribution is -0.145. The monoisotopic (exact) mass is 945 g/mol. The van der Waals surface area contributed by atoms with Crippen LogP contribution in [-0.2, 0) is 14.9 Å². The Hall–Kier alpha value is -4.97. The molecular weight excluding hydrogens is 869 g/mol. The van der Waals surface area contributed by atoms with Crippen molar-refractivity contribution in [3.05, 3.63) is 151 Å². The molecule has 1 aliphatic carbocycles. The van der Waals surface area contributed by atoms with E-state index in [4.69, 9.17) is 9.47 Å². The van der Waals surface area contributed by atoms with Crippen molar-refractivity contribution in [2.75, 3.05) is 6.61 Å². The van der Waals surface area contributed by atoms with Gasteiger partial charge < -0.3 is 9.47 Å². The molecule has 4 aromatic carbocycles. The first-order valence-corrected chi connectivity index (χ1v) is 27.7. The quantitative estimate of drug-likeness (QED) is 0.0256. The zero-order valence-corrected chi connectivity index (χ0v) is 43.1. The topological polar surface area (TPSA) is 35.5 Å². The van der Waals surface area contributed by atoms with E-state index in [1.807, 2.05) is 22.7 Å². The van der Waals surface area contributed by atoms with Gasteiger partial charge in [0.15, 0.2) is 0 Å². The van der Waals surface area contributed by atoms with Crippen molar-refractivity contribution in [2.45, 2.75) is 161 Å². The fourth-order valence-electron chi connectivity index (χ4n) is 10.1. The van der Waals surface area contributed by atoms with Crippen molar-refractivity contribution in [1.82, 2.24) is 0 Å². The molecule has 0 bridgehead atoms. The number of benzene rings is 4. The summed E-state index contributed by atoms with van der Waals surface area (Å²) in [4.78, 5) is 17.2. The lowest BCUT2D eigenvalue weighted by Crippen LogP contribution is -2.25. The van der Waals surface area contributed by atoms with Crippen LogP contribution in [0.5, 0.6) is 5.75 Å². The smallest absolute Gasteiger partial charge is 0.306 e. The summed E-state index contributed by atoms with van der Waals surface area (Å²) in [6.07, 6.45) is 26.3. The van der Waals surface area contributed by atoms with Gasteiger partial charge in [0, 0.05) is 31.3 Å². The normalized spacial score (nSPS) is 12.5.